The zero-order chi connectivity index (χ0) is 21.7. The molecule has 1 amide bonds. The quantitative estimate of drug-likeness (QED) is 0.732. The van der Waals surface area contributed by atoms with Gasteiger partial charge in [-0.25, -0.2) is 0 Å². The molecule has 162 valence electrons. The van der Waals surface area contributed by atoms with E-state index >= 15 is 0 Å². The van der Waals surface area contributed by atoms with Gasteiger partial charge in [-0.05, 0) is 55.5 Å². The summed E-state index contributed by atoms with van der Waals surface area (Å²) in [5, 5.41) is 14.2. The first-order valence-corrected chi connectivity index (χ1v) is 10.4. The van der Waals surface area contributed by atoms with Crippen molar-refractivity contribution >= 4 is 5.91 Å². The Bertz CT molecular complexity index is 875. The molecule has 1 atom stereocenters. The van der Waals surface area contributed by atoms with Gasteiger partial charge >= 0.3 is 0 Å². The van der Waals surface area contributed by atoms with E-state index in [1.807, 2.05) is 56.3 Å². The Kier molecular flexibility index (Phi) is 7.00. The number of likely N-dealkylation sites (tertiary alicyclic amines) is 1. The van der Waals surface area contributed by atoms with Crippen molar-refractivity contribution in [1.82, 2.24) is 10.2 Å². The molecular formula is C24H32N2O4. The Morgan fingerprint density at radius 2 is 1.80 bits per heavy atom. The molecule has 3 rings (SSSR count). The lowest BCUT2D eigenvalue weighted by molar-refractivity contribution is -0.128. The van der Waals surface area contributed by atoms with E-state index in [0.29, 0.717) is 44.0 Å². The number of aryl methyl sites for hydroxylation is 1. The van der Waals surface area contributed by atoms with Crippen LogP contribution in [-0.2, 0) is 16.9 Å². The normalized spacial score (nSPS) is 17.2. The number of methoxy groups -OCH3 is 2. The predicted octanol–water partition coefficient (Wildman–Crippen LogP) is 3.00. The van der Waals surface area contributed by atoms with Crippen LogP contribution in [0.3, 0.4) is 0 Å². The lowest BCUT2D eigenvalue weighted by Gasteiger charge is -2.41. The maximum absolute atomic E-state index is 12.7. The van der Waals surface area contributed by atoms with Crippen molar-refractivity contribution in [2.45, 2.75) is 44.9 Å². The first kappa shape index (κ1) is 22.1. The van der Waals surface area contributed by atoms with Crippen LogP contribution >= 0.6 is 0 Å². The minimum absolute atomic E-state index is 0.0221. The van der Waals surface area contributed by atoms with Crippen molar-refractivity contribution in [1.29, 1.82) is 0 Å². The first-order chi connectivity index (χ1) is 14.4. The van der Waals surface area contributed by atoms with E-state index in [2.05, 4.69) is 10.2 Å². The van der Waals surface area contributed by atoms with Crippen LogP contribution in [0.25, 0.3) is 0 Å². The molecule has 1 fully saturated rings. The minimum Gasteiger partial charge on any atom is -0.493 e. The summed E-state index contributed by atoms with van der Waals surface area (Å²) < 4.78 is 10.6. The molecule has 30 heavy (non-hydrogen) atoms. The van der Waals surface area contributed by atoms with E-state index in [4.69, 9.17) is 9.47 Å². The summed E-state index contributed by atoms with van der Waals surface area (Å²) in [7, 11) is 3.19. The number of nitrogens with one attached hydrogen (secondary N) is 1. The SMILES string of the molecule is COc1ccc(CNC(=O)[C@H](C)N2CCC(O)(c3ccccc3C)CC2)cc1OC. The molecule has 0 aliphatic carbocycles. The Labute approximate surface area is 178 Å². The van der Waals surface area contributed by atoms with Gasteiger partial charge in [0.05, 0.1) is 25.9 Å². The molecular weight excluding hydrogens is 380 g/mol. The monoisotopic (exact) mass is 412 g/mol. The van der Waals surface area contributed by atoms with Crippen LogP contribution in [-0.4, -0.2) is 49.3 Å². The standard InChI is InChI=1S/C24H32N2O4/c1-17-7-5-6-8-20(17)24(28)11-13-26(14-12-24)18(2)23(27)25-16-19-9-10-21(29-3)22(15-19)30-4/h5-10,15,18,28H,11-14,16H2,1-4H3,(H,25,27)/t18-/m0/s1. The summed E-state index contributed by atoms with van der Waals surface area (Å²) >= 11 is 0. The average Bonchev–Trinajstić information content (AvgIpc) is 2.77. The van der Waals surface area contributed by atoms with Gasteiger partial charge in [0.25, 0.3) is 0 Å². The van der Waals surface area contributed by atoms with Crippen molar-refractivity contribution in [2.75, 3.05) is 27.3 Å². The minimum atomic E-state index is -0.822. The second-order valence-corrected chi connectivity index (χ2v) is 7.97. The molecule has 0 unspecified atom stereocenters. The fourth-order valence-electron chi connectivity index (χ4n) is 4.14. The van der Waals surface area contributed by atoms with Gasteiger partial charge in [0.2, 0.25) is 5.91 Å². The molecule has 2 aromatic carbocycles. The van der Waals surface area contributed by atoms with Crippen LogP contribution in [0, 0.1) is 6.92 Å². The molecule has 0 radical (unpaired) electrons. The summed E-state index contributed by atoms with van der Waals surface area (Å²) in [6, 6.07) is 13.3. The summed E-state index contributed by atoms with van der Waals surface area (Å²) in [5.74, 6) is 1.28. The fraction of sp³-hybridized carbons (Fsp3) is 0.458. The molecule has 0 bridgehead atoms. The van der Waals surface area contributed by atoms with E-state index in [0.717, 1.165) is 16.7 Å². The summed E-state index contributed by atoms with van der Waals surface area (Å²) in [6.45, 7) is 5.72. The molecule has 2 N–H and O–H groups in total. The van der Waals surface area contributed by atoms with Crippen molar-refractivity contribution < 1.29 is 19.4 Å². The number of benzene rings is 2. The number of amides is 1. The van der Waals surface area contributed by atoms with E-state index in [9.17, 15) is 9.90 Å². The summed E-state index contributed by atoms with van der Waals surface area (Å²) in [5.41, 5.74) is 2.22. The van der Waals surface area contributed by atoms with E-state index in [1.165, 1.54) is 0 Å². The number of ether oxygens (including phenoxy) is 2. The van der Waals surface area contributed by atoms with E-state index in [-0.39, 0.29) is 11.9 Å². The van der Waals surface area contributed by atoms with Gasteiger partial charge in [-0.1, -0.05) is 30.3 Å². The van der Waals surface area contributed by atoms with Crippen molar-refractivity contribution in [3.8, 4) is 11.5 Å². The summed E-state index contributed by atoms with van der Waals surface area (Å²) in [4.78, 5) is 14.8. The molecule has 6 heteroatoms. The van der Waals surface area contributed by atoms with Gasteiger partial charge in [-0.3, -0.25) is 9.69 Å². The topological polar surface area (TPSA) is 71.0 Å². The van der Waals surface area contributed by atoms with Crippen molar-refractivity contribution in [3.05, 3.63) is 59.2 Å². The number of carbonyl (C=O) groups is 1. The van der Waals surface area contributed by atoms with Crippen LogP contribution in [0.15, 0.2) is 42.5 Å². The van der Waals surface area contributed by atoms with Crippen LogP contribution in [0.4, 0.5) is 0 Å². The largest absolute Gasteiger partial charge is 0.493 e. The molecule has 1 heterocycles. The first-order valence-electron chi connectivity index (χ1n) is 10.4. The van der Waals surface area contributed by atoms with E-state index < -0.39 is 5.60 Å². The highest BCUT2D eigenvalue weighted by Gasteiger charge is 2.37. The highest BCUT2D eigenvalue weighted by atomic mass is 16.5. The van der Waals surface area contributed by atoms with Crippen molar-refractivity contribution in [2.24, 2.45) is 0 Å². The molecule has 2 aromatic rings. The Hall–Kier alpha value is -2.57. The van der Waals surface area contributed by atoms with Crippen LogP contribution < -0.4 is 14.8 Å². The number of hydrogen-bond acceptors (Lipinski definition) is 5. The van der Waals surface area contributed by atoms with Gasteiger partial charge in [0.1, 0.15) is 0 Å². The maximum atomic E-state index is 12.7. The third-order valence-electron chi connectivity index (χ3n) is 6.11. The Morgan fingerprint density at radius 3 is 2.43 bits per heavy atom. The molecule has 0 saturated carbocycles. The van der Waals surface area contributed by atoms with Crippen LogP contribution in [0.5, 0.6) is 11.5 Å². The number of piperidine rings is 1. The Balaban J connectivity index is 1.55. The molecule has 0 aromatic heterocycles. The van der Waals surface area contributed by atoms with Crippen LogP contribution in [0.2, 0.25) is 0 Å². The van der Waals surface area contributed by atoms with Gasteiger partial charge in [-0.2, -0.15) is 0 Å². The average molecular weight is 413 g/mol. The smallest absolute Gasteiger partial charge is 0.237 e. The van der Waals surface area contributed by atoms with Gasteiger partial charge in [0.15, 0.2) is 11.5 Å². The third-order valence-corrected chi connectivity index (χ3v) is 6.11. The molecule has 6 nitrogen and oxygen atoms in total. The number of carbonyl (C=O) groups excluding carboxylic acids is 1. The van der Waals surface area contributed by atoms with Gasteiger partial charge in [-0.15, -0.1) is 0 Å². The molecule has 1 aliphatic rings. The number of aliphatic hydroxyl groups is 1. The predicted molar refractivity (Wildman–Crippen MR) is 117 cm³/mol. The van der Waals surface area contributed by atoms with E-state index in [1.54, 1.807) is 14.2 Å². The third kappa shape index (κ3) is 4.77. The summed E-state index contributed by atoms with van der Waals surface area (Å²) in [6.07, 6.45) is 1.23. The van der Waals surface area contributed by atoms with Gasteiger partial charge < -0.3 is 19.9 Å². The number of nitrogens with zero attached hydrogens (tertiary/aromatic N) is 1. The zero-order valence-corrected chi connectivity index (χ0v) is 18.3. The zero-order valence-electron chi connectivity index (χ0n) is 18.3. The number of rotatable bonds is 7. The van der Waals surface area contributed by atoms with Crippen molar-refractivity contribution in [3.63, 3.8) is 0 Å². The van der Waals surface area contributed by atoms with Crippen LogP contribution in [0.1, 0.15) is 36.5 Å². The second kappa shape index (κ2) is 9.49. The molecule has 1 saturated heterocycles. The highest BCUT2D eigenvalue weighted by molar-refractivity contribution is 5.81. The lowest BCUT2D eigenvalue weighted by atomic mass is 9.82. The Morgan fingerprint density at radius 1 is 1.13 bits per heavy atom. The molecule has 1 aliphatic heterocycles. The maximum Gasteiger partial charge on any atom is 0.237 e. The lowest BCUT2D eigenvalue weighted by Crippen LogP contribution is -2.51. The molecule has 0 spiro atoms. The van der Waals surface area contributed by atoms with Gasteiger partial charge in [0, 0.05) is 19.6 Å². The number of hydrogen-bond donors (Lipinski definition) is 2. The fourth-order valence-corrected chi connectivity index (χ4v) is 4.14. The second-order valence-electron chi connectivity index (χ2n) is 7.97. The highest BCUT2D eigenvalue weighted by Crippen LogP contribution is 2.35.